The number of sulfonamides is 1. The smallest absolute Gasteiger partial charge is 0.218 e. The van der Waals surface area contributed by atoms with E-state index in [1.807, 2.05) is 0 Å². The van der Waals surface area contributed by atoms with E-state index in [-0.39, 0.29) is 6.61 Å². The molecule has 0 radical (unpaired) electrons. The van der Waals surface area contributed by atoms with Crippen LogP contribution in [-0.4, -0.2) is 57.4 Å². The monoisotopic (exact) mass is 290 g/mol. The molecule has 5 nitrogen and oxygen atoms in total. The maximum Gasteiger partial charge on any atom is 0.218 e. The van der Waals surface area contributed by atoms with Crippen LogP contribution in [0, 0.1) is 5.92 Å². The van der Waals surface area contributed by atoms with E-state index in [4.69, 9.17) is 4.74 Å². The van der Waals surface area contributed by atoms with Gasteiger partial charge >= 0.3 is 0 Å². The fraction of sp³-hybridized carbons (Fsp3) is 1.00. The number of ether oxygens (including phenoxy) is 1. The summed E-state index contributed by atoms with van der Waals surface area (Å²) in [6, 6.07) is 0.491. The normalized spacial score (nSPS) is 24.5. The Morgan fingerprint density at radius 1 is 1.26 bits per heavy atom. The van der Waals surface area contributed by atoms with Crippen LogP contribution in [0.25, 0.3) is 0 Å². The molecule has 1 heterocycles. The van der Waals surface area contributed by atoms with Crippen molar-refractivity contribution in [2.24, 2.45) is 5.92 Å². The van der Waals surface area contributed by atoms with Crippen LogP contribution < -0.4 is 5.32 Å². The van der Waals surface area contributed by atoms with Gasteiger partial charge in [0.05, 0.1) is 11.9 Å². The van der Waals surface area contributed by atoms with Gasteiger partial charge in [0, 0.05) is 26.2 Å². The fourth-order valence-electron chi connectivity index (χ4n) is 2.54. The summed E-state index contributed by atoms with van der Waals surface area (Å²) in [7, 11) is -1.64. The Morgan fingerprint density at radius 2 is 1.89 bits per heavy atom. The molecule has 6 heteroatoms. The van der Waals surface area contributed by atoms with E-state index in [1.54, 1.807) is 18.3 Å². The molecule has 1 aliphatic carbocycles. The number of hydrogen-bond donors (Lipinski definition) is 1. The van der Waals surface area contributed by atoms with Crippen molar-refractivity contribution in [3.05, 3.63) is 0 Å². The Bertz CT molecular complexity index is 373. The van der Waals surface area contributed by atoms with E-state index < -0.39 is 15.3 Å². The van der Waals surface area contributed by atoms with E-state index in [1.165, 1.54) is 12.8 Å². The van der Waals surface area contributed by atoms with Gasteiger partial charge in [0.2, 0.25) is 10.0 Å². The maximum absolute atomic E-state index is 12.3. The summed E-state index contributed by atoms with van der Waals surface area (Å²) < 4.78 is 31.2. The third-order valence-electron chi connectivity index (χ3n) is 4.12. The zero-order valence-electron chi connectivity index (χ0n) is 12.0. The van der Waals surface area contributed by atoms with Crippen molar-refractivity contribution >= 4 is 10.0 Å². The Balaban J connectivity index is 1.77. The highest BCUT2D eigenvalue weighted by atomic mass is 32.2. The van der Waals surface area contributed by atoms with Gasteiger partial charge in [-0.05, 0) is 45.1 Å². The molecule has 0 aromatic rings. The maximum atomic E-state index is 12.3. The van der Waals surface area contributed by atoms with Gasteiger partial charge in [-0.15, -0.1) is 0 Å². The molecule has 2 rings (SSSR count). The summed E-state index contributed by atoms with van der Waals surface area (Å²) >= 11 is 0. The number of piperidine rings is 1. The Kier molecular flexibility index (Phi) is 5.22. The van der Waals surface area contributed by atoms with Crippen molar-refractivity contribution in [2.75, 3.05) is 33.4 Å². The predicted molar refractivity (Wildman–Crippen MR) is 75.6 cm³/mol. The van der Waals surface area contributed by atoms with Crippen LogP contribution in [0.5, 0.6) is 0 Å². The Hall–Kier alpha value is -0.170. The van der Waals surface area contributed by atoms with Gasteiger partial charge < -0.3 is 10.1 Å². The highest BCUT2D eigenvalue weighted by Crippen LogP contribution is 2.28. The van der Waals surface area contributed by atoms with Crippen LogP contribution in [0.3, 0.4) is 0 Å². The molecule has 0 spiro atoms. The third-order valence-corrected chi connectivity index (χ3v) is 6.35. The van der Waals surface area contributed by atoms with Crippen LogP contribution in [0.1, 0.15) is 32.6 Å². The lowest BCUT2D eigenvalue weighted by atomic mass is 10.1. The molecule has 0 aromatic heterocycles. The lowest BCUT2D eigenvalue weighted by Crippen LogP contribution is -2.48. The van der Waals surface area contributed by atoms with Crippen molar-refractivity contribution in [3.8, 4) is 0 Å². The Morgan fingerprint density at radius 3 is 2.42 bits per heavy atom. The van der Waals surface area contributed by atoms with Gasteiger partial charge in [0.1, 0.15) is 0 Å². The number of methoxy groups -OCH3 is 1. The highest BCUT2D eigenvalue weighted by molar-refractivity contribution is 7.89. The molecule has 1 saturated carbocycles. The van der Waals surface area contributed by atoms with Gasteiger partial charge in [-0.25, -0.2) is 12.7 Å². The van der Waals surface area contributed by atoms with Gasteiger partial charge in [-0.2, -0.15) is 0 Å². The quantitative estimate of drug-likeness (QED) is 0.754. The van der Waals surface area contributed by atoms with Crippen molar-refractivity contribution in [3.63, 3.8) is 0 Å². The van der Waals surface area contributed by atoms with Crippen LogP contribution in [0.2, 0.25) is 0 Å². The molecule has 2 aliphatic rings. The van der Waals surface area contributed by atoms with E-state index in [0.717, 1.165) is 25.3 Å². The molecule has 1 aliphatic heterocycles. The van der Waals surface area contributed by atoms with Gasteiger partial charge in [0.25, 0.3) is 0 Å². The van der Waals surface area contributed by atoms with Crippen LogP contribution in [0.15, 0.2) is 0 Å². The standard InChI is InChI=1S/C13H26N2O3S/c1-11(10-18-2)19(16,17)15-7-5-13(6-8-15)14-9-12-3-4-12/h11-14H,3-10H2,1-2H3. The summed E-state index contributed by atoms with van der Waals surface area (Å²) in [5, 5.41) is 3.11. The first-order chi connectivity index (χ1) is 9.04. The zero-order chi connectivity index (χ0) is 13.9. The molecule has 1 saturated heterocycles. The third kappa shape index (κ3) is 4.15. The topological polar surface area (TPSA) is 58.6 Å². The molecule has 1 unspecified atom stereocenters. The van der Waals surface area contributed by atoms with E-state index in [2.05, 4.69) is 5.32 Å². The average Bonchev–Trinajstić information content (AvgIpc) is 3.21. The molecule has 2 fully saturated rings. The summed E-state index contributed by atoms with van der Waals surface area (Å²) in [5.74, 6) is 0.878. The van der Waals surface area contributed by atoms with Crippen LogP contribution >= 0.6 is 0 Å². The molecule has 0 aromatic carbocycles. The molecular formula is C13H26N2O3S. The summed E-state index contributed by atoms with van der Waals surface area (Å²) in [5.41, 5.74) is 0. The number of hydrogen-bond acceptors (Lipinski definition) is 4. The van der Waals surface area contributed by atoms with E-state index in [0.29, 0.717) is 19.1 Å². The minimum atomic E-state index is -3.19. The first kappa shape index (κ1) is 15.2. The largest absolute Gasteiger partial charge is 0.383 e. The SMILES string of the molecule is COCC(C)S(=O)(=O)N1CCC(NCC2CC2)CC1. The average molecular weight is 290 g/mol. The molecule has 1 atom stereocenters. The molecule has 1 N–H and O–H groups in total. The van der Waals surface area contributed by atoms with Gasteiger partial charge in [0.15, 0.2) is 0 Å². The molecular weight excluding hydrogens is 264 g/mol. The minimum absolute atomic E-state index is 0.266. The number of nitrogens with one attached hydrogen (secondary N) is 1. The summed E-state index contributed by atoms with van der Waals surface area (Å²) in [6.07, 6.45) is 4.56. The number of rotatable bonds is 7. The number of nitrogens with zero attached hydrogens (tertiary/aromatic N) is 1. The predicted octanol–water partition coefficient (Wildman–Crippen LogP) is 0.815. The minimum Gasteiger partial charge on any atom is -0.383 e. The summed E-state index contributed by atoms with van der Waals surface area (Å²) in [6.45, 7) is 4.37. The van der Waals surface area contributed by atoms with Crippen molar-refractivity contribution in [1.82, 2.24) is 9.62 Å². The molecule has 112 valence electrons. The highest BCUT2D eigenvalue weighted by Gasteiger charge is 2.32. The lowest BCUT2D eigenvalue weighted by Gasteiger charge is -2.33. The molecule has 19 heavy (non-hydrogen) atoms. The fourth-order valence-corrected chi connectivity index (χ4v) is 4.08. The van der Waals surface area contributed by atoms with Crippen molar-refractivity contribution in [2.45, 2.75) is 43.9 Å². The molecule has 0 bridgehead atoms. The van der Waals surface area contributed by atoms with Crippen LogP contribution in [0.4, 0.5) is 0 Å². The zero-order valence-corrected chi connectivity index (χ0v) is 12.8. The van der Waals surface area contributed by atoms with Crippen LogP contribution in [-0.2, 0) is 14.8 Å². The second kappa shape index (κ2) is 6.52. The summed E-state index contributed by atoms with van der Waals surface area (Å²) in [4.78, 5) is 0. The molecule has 0 amide bonds. The lowest BCUT2D eigenvalue weighted by molar-refractivity contribution is 0.196. The van der Waals surface area contributed by atoms with Crippen molar-refractivity contribution < 1.29 is 13.2 Å². The first-order valence-electron chi connectivity index (χ1n) is 7.25. The van der Waals surface area contributed by atoms with Gasteiger partial charge in [-0.3, -0.25) is 0 Å². The first-order valence-corrected chi connectivity index (χ1v) is 8.75. The van der Waals surface area contributed by atoms with Gasteiger partial charge in [-0.1, -0.05) is 0 Å². The second-order valence-corrected chi connectivity index (χ2v) is 8.19. The van der Waals surface area contributed by atoms with E-state index in [9.17, 15) is 8.42 Å². The van der Waals surface area contributed by atoms with E-state index >= 15 is 0 Å². The second-order valence-electron chi connectivity index (χ2n) is 5.84. The van der Waals surface area contributed by atoms with Crippen molar-refractivity contribution in [1.29, 1.82) is 0 Å². The Labute approximate surface area is 116 Å².